The highest BCUT2D eigenvalue weighted by Crippen LogP contribution is 2.29. The van der Waals surface area contributed by atoms with Crippen molar-refractivity contribution in [2.24, 2.45) is 5.92 Å². The van der Waals surface area contributed by atoms with Crippen LogP contribution in [0.3, 0.4) is 0 Å². The Morgan fingerprint density at radius 1 is 1.26 bits per heavy atom. The molecule has 0 spiro atoms. The molecule has 0 saturated heterocycles. The average Bonchev–Trinajstić information content (AvgIpc) is 2.35. The largest absolute Gasteiger partial charge is 0.326 e. The summed E-state index contributed by atoms with van der Waals surface area (Å²) in [4.78, 5) is 12.3. The minimum atomic E-state index is 0.0121. The third-order valence-corrected chi connectivity index (χ3v) is 3.31. The molecule has 1 aromatic rings. The van der Waals surface area contributed by atoms with Crippen LogP contribution in [0.5, 0.6) is 0 Å². The van der Waals surface area contributed by atoms with Crippen LogP contribution in [0.4, 0.5) is 5.69 Å². The molecule has 3 nitrogen and oxygen atoms in total. The smallest absolute Gasteiger partial charge is 0.228 e. The Morgan fingerprint density at radius 3 is 2.42 bits per heavy atom. The topological polar surface area (TPSA) is 41.1 Å². The van der Waals surface area contributed by atoms with Gasteiger partial charge in [0.15, 0.2) is 0 Å². The quantitative estimate of drug-likeness (QED) is 0.855. The second kappa shape index (κ2) is 6.71. The highest BCUT2D eigenvalue weighted by Gasteiger charge is 2.21. The molecule has 19 heavy (non-hydrogen) atoms. The maximum Gasteiger partial charge on any atom is 0.228 e. The molecule has 1 amide bonds. The zero-order chi connectivity index (χ0) is 14.5. The summed E-state index contributed by atoms with van der Waals surface area (Å²) in [6.45, 7) is 9.21. The molecule has 0 aliphatic heterocycles. The summed E-state index contributed by atoms with van der Waals surface area (Å²) in [5.74, 6) is 0.103. The standard InChI is InChI=1S/C16H26N2O/c1-6-12(11-17-5)15(19)18-14-10-8-7-9-13(14)16(2,3)4/h7-10,12,17H,6,11H2,1-5H3,(H,18,19). The summed E-state index contributed by atoms with van der Waals surface area (Å²) < 4.78 is 0. The van der Waals surface area contributed by atoms with Crippen LogP contribution < -0.4 is 10.6 Å². The molecule has 0 bridgehead atoms. The first-order chi connectivity index (χ1) is 8.90. The normalized spacial score (nSPS) is 13.1. The Bertz CT molecular complexity index is 421. The number of carbonyl (C=O) groups excluding carboxylic acids is 1. The number of nitrogens with one attached hydrogen (secondary N) is 2. The minimum Gasteiger partial charge on any atom is -0.326 e. The van der Waals surface area contributed by atoms with Crippen LogP contribution in [0.25, 0.3) is 0 Å². The SMILES string of the molecule is CCC(CNC)C(=O)Nc1ccccc1C(C)(C)C. The van der Waals surface area contributed by atoms with Crippen LogP contribution in [0.15, 0.2) is 24.3 Å². The number of hydrogen-bond acceptors (Lipinski definition) is 2. The molecule has 3 heteroatoms. The maximum atomic E-state index is 12.3. The summed E-state index contributed by atoms with van der Waals surface area (Å²) >= 11 is 0. The van der Waals surface area contributed by atoms with Crippen molar-refractivity contribution in [1.29, 1.82) is 0 Å². The van der Waals surface area contributed by atoms with Gasteiger partial charge in [0.05, 0.1) is 5.92 Å². The van der Waals surface area contributed by atoms with Gasteiger partial charge in [-0.05, 0) is 30.5 Å². The number of carbonyl (C=O) groups is 1. The van der Waals surface area contributed by atoms with Gasteiger partial charge in [-0.15, -0.1) is 0 Å². The molecule has 1 rings (SSSR count). The summed E-state index contributed by atoms with van der Waals surface area (Å²) in [5.41, 5.74) is 2.12. The van der Waals surface area contributed by atoms with Gasteiger partial charge >= 0.3 is 0 Å². The van der Waals surface area contributed by atoms with E-state index in [1.165, 1.54) is 5.56 Å². The monoisotopic (exact) mass is 262 g/mol. The van der Waals surface area contributed by atoms with E-state index in [4.69, 9.17) is 0 Å². The lowest BCUT2D eigenvalue weighted by molar-refractivity contribution is -0.119. The maximum absolute atomic E-state index is 12.3. The lowest BCUT2D eigenvalue weighted by atomic mass is 9.85. The number of amides is 1. The van der Waals surface area contributed by atoms with Crippen LogP contribution in [0.2, 0.25) is 0 Å². The Balaban J connectivity index is 2.91. The van der Waals surface area contributed by atoms with E-state index in [9.17, 15) is 4.79 Å². The van der Waals surface area contributed by atoms with Crippen LogP contribution in [-0.4, -0.2) is 19.5 Å². The molecule has 0 heterocycles. The molecule has 0 aliphatic carbocycles. The van der Waals surface area contributed by atoms with Gasteiger partial charge in [-0.25, -0.2) is 0 Å². The van der Waals surface area contributed by atoms with Crippen LogP contribution in [0, 0.1) is 5.92 Å². The van der Waals surface area contributed by atoms with Gasteiger partial charge in [-0.3, -0.25) is 4.79 Å². The molecule has 0 fully saturated rings. The van der Waals surface area contributed by atoms with E-state index < -0.39 is 0 Å². The fourth-order valence-corrected chi connectivity index (χ4v) is 2.15. The van der Waals surface area contributed by atoms with Gasteiger partial charge in [0.2, 0.25) is 5.91 Å². The van der Waals surface area contributed by atoms with E-state index >= 15 is 0 Å². The van der Waals surface area contributed by atoms with Crippen molar-refractivity contribution in [3.8, 4) is 0 Å². The number of benzene rings is 1. The lowest BCUT2D eigenvalue weighted by Gasteiger charge is -2.24. The van der Waals surface area contributed by atoms with Crippen LogP contribution in [-0.2, 0) is 10.2 Å². The Morgan fingerprint density at radius 2 is 1.89 bits per heavy atom. The summed E-state index contributed by atoms with van der Waals surface area (Å²) in [6.07, 6.45) is 0.838. The van der Waals surface area contributed by atoms with Crippen molar-refractivity contribution in [2.75, 3.05) is 18.9 Å². The van der Waals surface area contributed by atoms with Crippen molar-refractivity contribution < 1.29 is 4.79 Å². The van der Waals surface area contributed by atoms with Crippen molar-refractivity contribution in [3.63, 3.8) is 0 Å². The van der Waals surface area contributed by atoms with Gasteiger partial charge in [0.25, 0.3) is 0 Å². The van der Waals surface area contributed by atoms with Gasteiger partial charge in [0.1, 0.15) is 0 Å². The van der Waals surface area contributed by atoms with Gasteiger partial charge < -0.3 is 10.6 Å². The zero-order valence-electron chi connectivity index (χ0n) is 12.7. The highest BCUT2D eigenvalue weighted by molar-refractivity contribution is 5.93. The molecular formula is C16H26N2O. The molecule has 1 aromatic carbocycles. The number of anilines is 1. The van der Waals surface area contributed by atoms with E-state index in [0.29, 0.717) is 6.54 Å². The fraction of sp³-hybridized carbons (Fsp3) is 0.562. The first-order valence-corrected chi connectivity index (χ1v) is 6.95. The molecular weight excluding hydrogens is 236 g/mol. The van der Waals surface area contributed by atoms with Crippen molar-refractivity contribution >= 4 is 11.6 Å². The van der Waals surface area contributed by atoms with Gasteiger partial charge in [0, 0.05) is 12.2 Å². The molecule has 2 N–H and O–H groups in total. The number of para-hydroxylation sites is 1. The Hall–Kier alpha value is -1.35. The lowest BCUT2D eigenvalue weighted by Crippen LogP contribution is -2.31. The first kappa shape index (κ1) is 15.7. The van der Waals surface area contributed by atoms with Crippen molar-refractivity contribution in [1.82, 2.24) is 5.32 Å². The Kier molecular flexibility index (Phi) is 5.55. The average molecular weight is 262 g/mol. The van der Waals surface area contributed by atoms with Gasteiger partial charge in [-0.1, -0.05) is 45.9 Å². The van der Waals surface area contributed by atoms with Crippen LogP contribution in [0.1, 0.15) is 39.7 Å². The minimum absolute atomic E-state index is 0.0121. The fourth-order valence-electron chi connectivity index (χ4n) is 2.15. The van der Waals surface area contributed by atoms with E-state index in [1.807, 2.05) is 32.2 Å². The van der Waals surface area contributed by atoms with Crippen molar-refractivity contribution in [2.45, 2.75) is 39.5 Å². The molecule has 0 aliphatic rings. The highest BCUT2D eigenvalue weighted by atomic mass is 16.1. The molecule has 106 valence electrons. The van der Waals surface area contributed by atoms with E-state index in [2.05, 4.69) is 37.5 Å². The van der Waals surface area contributed by atoms with Crippen molar-refractivity contribution in [3.05, 3.63) is 29.8 Å². The summed E-state index contributed by atoms with van der Waals surface area (Å²) in [5, 5.41) is 6.14. The molecule has 0 radical (unpaired) electrons. The molecule has 1 atom stereocenters. The number of hydrogen-bond donors (Lipinski definition) is 2. The van der Waals surface area contributed by atoms with Gasteiger partial charge in [-0.2, -0.15) is 0 Å². The second-order valence-corrected chi connectivity index (χ2v) is 5.95. The first-order valence-electron chi connectivity index (χ1n) is 6.95. The molecule has 1 unspecified atom stereocenters. The Labute approximate surface area is 116 Å². The predicted octanol–water partition coefficient (Wildman–Crippen LogP) is 3.17. The van der Waals surface area contributed by atoms with E-state index in [0.717, 1.165) is 12.1 Å². The van der Waals surface area contributed by atoms with E-state index in [-0.39, 0.29) is 17.2 Å². The van der Waals surface area contributed by atoms with Crippen LogP contribution >= 0.6 is 0 Å². The molecule has 0 aromatic heterocycles. The summed E-state index contributed by atoms with van der Waals surface area (Å²) in [7, 11) is 1.87. The van der Waals surface area contributed by atoms with E-state index in [1.54, 1.807) is 0 Å². The summed E-state index contributed by atoms with van der Waals surface area (Å²) in [6, 6.07) is 8.03. The molecule has 0 saturated carbocycles. The predicted molar refractivity (Wildman–Crippen MR) is 81.5 cm³/mol. The number of rotatable bonds is 5. The second-order valence-electron chi connectivity index (χ2n) is 5.95. The zero-order valence-corrected chi connectivity index (χ0v) is 12.7. The third-order valence-electron chi connectivity index (χ3n) is 3.31. The third kappa shape index (κ3) is 4.35.